The van der Waals surface area contributed by atoms with Gasteiger partial charge in [0.25, 0.3) is 0 Å². The lowest BCUT2D eigenvalue weighted by molar-refractivity contribution is 0.516. The van der Waals surface area contributed by atoms with Crippen LogP contribution >= 0.6 is 11.6 Å². The lowest BCUT2D eigenvalue weighted by Crippen LogP contribution is -2.16. The van der Waals surface area contributed by atoms with Gasteiger partial charge in [-0.2, -0.15) is 0 Å². The molecule has 0 radical (unpaired) electrons. The Labute approximate surface area is 147 Å². The van der Waals surface area contributed by atoms with Gasteiger partial charge in [0, 0.05) is 22.5 Å². The monoisotopic (exact) mass is 355 g/mol. The molecule has 0 aliphatic rings. The quantitative estimate of drug-likeness (QED) is 0.522. The molecule has 4 rings (SSSR count). The predicted molar refractivity (Wildman–Crippen MR) is 96.4 cm³/mol. The Morgan fingerprint density at radius 3 is 2.64 bits per heavy atom. The minimum atomic E-state index is -0.496. The van der Waals surface area contributed by atoms with Crippen LogP contribution < -0.4 is 11.4 Å². The fourth-order valence-corrected chi connectivity index (χ4v) is 3.15. The molecule has 0 aliphatic carbocycles. The molecule has 0 spiro atoms. The van der Waals surface area contributed by atoms with Gasteiger partial charge in [-0.1, -0.05) is 30.7 Å². The predicted octanol–water partition coefficient (Wildman–Crippen LogP) is 3.97. The standard InChI is InChI=1S/C19H14ClNO4/c1-2-11-3-5-14-12(8-18(22)24-16(14)7-11)10-21-15-6-4-13(20)9-17(15)25-19(21)23/h3-9H,2,10H2,1H3. The van der Waals surface area contributed by atoms with E-state index in [0.29, 0.717) is 27.3 Å². The second kappa shape index (κ2) is 5.93. The van der Waals surface area contributed by atoms with E-state index in [9.17, 15) is 9.59 Å². The number of fused-ring (bicyclic) bond motifs is 2. The average molecular weight is 356 g/mol. The van der Waals surface area contributed by atoms with Gasteiger partial charge in [0.05, 0.1) is 12.1 Å². The van der Waals surface area contributed by atoms with E-state index in [1.165, 1.54) is 10.6 Å². The third-order valence-corrected chi connectivity index (χ3v) is 4.50. The summed E-state index contributed by atoms with van der Waals surface area (Å²) in [5, 5.41) is 1.29. The number of hydrogen-bond acceptors (Lipinski definition) is 4. The SMILES string of the molecule is CCc1ccc2c(Cn3c(=O)oc4cc(Cl)ccc43)cc(=O)oc2c1. The third kappa shape index (κ3) is 2.76. The average Bonchev–Trinajstić information content (AvgIpc) is 2.88. The second-order valence-corrected chi connectivity index (χ2v) is 6.28. The van der Waals surface area contributed by atoms with Crippen LogP contribution in [0.2, 0.25) is 5.02 Å². The maximum Gasteiger partial charge on any atom is 0.420 e. The van der Waals surface area contributed by atoms with Crippen LogP contribution in [0.4, 0.5) is 0 Å². The summed E-state index contributed by atoms with van der Waals surface area (Å²) < 4.78 is 12.0. The number of oxazole rings is 1. The van der Waals surface area contributed by atoms with Gasteiger partial charge in [-0.05, 0) is 35.7 Å². The number of aromatic nitrogens is 1. The summed E-state index contributed by atoms with van der Waals surface area (Å²) in [5.41, 5.74) is 2.89. The smallest absolute Gasteiger partial charge is 0.420 e. The Bertz CT molecular complexity index is 1220. The highest BCUT2D eigenvalue weighted by Gasteiger charge is 2.13. The molecule has 25 heavy (non-hydrogen) atoms. The molecular weight excluding hydrogens is 342 g/mol. The molecule has 0 N–H and O–H groups in total. The molecule has 0 unspecified atom stereocenters. The molecule has 4 aromatic rings. The van der Waals surface area contributed by atoms with Gasteiger partial charge in [-0.15, -0.1) is 0 Å². The minimum Gasteiger partial charge on any atom is -0.423 e. The Hall–Kier alpha value is -2.79. The van der Waals surface area contributed by atoms with Crippen molar-refractivity contribution in [1.29, 1.82) is 0 Å². The molecule has 2 heterocycles. The first kappa shape index (κ1) is 15.7. The molecule has 0 amide bonds. The summed E-state index contributed by atoms with van der Waals surface area (Å²) in [4.78, 5) is 24.2. The van der Waals surface area contributed by atoms with E-state index < -0.39 is 11.4 Å². The number of benzene rings is 2. The highest BCUT2D eigenvalue weighted by molar-refractivity contribution is 6.31. The van der Waals surface area contributed by atoms with E-state index in [0.717, 1.165) is 17.4 Å². The summed E-state index contributed by atoms with van der Waals surface area (Å²) in [5.74, 6) is -0.496. The lowest BCUT2D eigenvalue weighted by atomic mass is 10.1. The van der Waals surface area contributed by atoms with Crippen molar-refractivity contribution in [2.75, 3.05) is 0 Å². The van der Waals surface area contributed by atoms with Crippen LogP contribution in [-0.2, 0) is 13.0 Å². The number of halogens is 1. The molecule has 0 fully saturated rings. The molecular formula is C19H14ClNO4. The first-order valence-electron chi connectivity index (χ1n) is 7.89. The minimum absolute atomic E-state index is 0.209. The van der Waals surface area contributed by atoms with Crippen molar-refractivity contribution in [2.45, 2.75) is 19.9 Å². The zero-order chi connectivity index (χ0) is 17.6. The summed E-state index contributed by atoms with van der Waals surface area (Å²) in [7, 11) is 0. The van der Waals surface area contributed by atoms with Crippen molar-refractivity contribution in [1.82, 2.24) is 4.57 Å². The largest absolute Gasteiger partial charge is 0.423 e. The van der Waals surface area contributed by atoms with Gasteiger partial charge in [0.15, 0.2) is 5.58 Å². The topological polar surface area (TPSA) is 65.3 Å². The zero-order valence-electron chi connectivity index (χ0n) is 13.4. The van der Waals surface area contributed by atoms with E-state index in [1.807, 2.05) is 25.1 Å². The number of aryl methyl sites for hydroxylation is 1. The Morgan fingerprint density at radius 2 is 1.84 bits per heavy atom. The van der Waals surface area contributed by atoms with Gasteiger partial charge in [0.1, 0.15) is 5.58 Å². The normalized spacial score (nSPS) is 11.4. The fourth-order valence-electron chi connectivity index (χ4n) is 2.99. The maximum absolute atomic E-state index is 12.2. The van der Waals surface area contributed by atoms with Gasteiger partial charge in [0.2, 0.25) is 0 Å². The van der Waals surface area contributed by atoms with E-state index >= 15 is 0 Å². The second-order valence-electron chi connectivity index (χ2n) is 5.84. The molecule has 2 aromatic heterocycles. The van der Waals surface area contributed by atoms with Crippen molar-refractivity contribution < 1.29 is 8.83 Å². The van der Waals surface area contributed by atoms with Crippen LogP contribution in [0.5, 0.6) is 0 Å². The summed E-state index contributed by atoms with van der Waals surface area (Å²) in [6.45, 7) is 2.24. The van der Waals surface area contributed by atoms with Crippen LogP contribution in [0.3, 0.4) is 0 Å². The molecule has 5 nitrogen and oxygen atoms in total. The Balaban J connectivity index is 1.90. The number of hydrogen-bond donors (Lipinski definition) is 0. The molecule has 126 valence electrons. The van der Waals surface area contributed by atoms with Crippen LogP contribution in [0.15, 0.2) is 60.9 Å². The van der Waals surface area contributed by atoms with Crippen LogP contribution in [0, 0.1) is 0 Å². The van der Waals surface area contributed by atoms with Crippen molar-refractivity contribution in [2.24, 2.45) is 0 Å². The third-order valence-electron chi connectivity index (χ3n) is 4.26. The van der Waals surface area contributed by atoms with E-state index in [2.05, 4.69) is 0 Å². The summed E-state index contributed by atoms with van der Waals surface area (Å²) >= 11 is 5.94. The zero-order valence-corrected chi connectivity index (χ0v) is 14.2. The summed E-state index contributed by atoms with van der Waals surface area (Å²) in [6, 6.07) is 12.2. The molecule has 0 saturated heterocycles. The Kier molecular flexibility index (Phi) is 3.73. The van der Waals surface area contributed by atoms with Crippen LogP contribution in [0.25, 0.3) is 22.1 Å². The fraction of sp³-hybridized carbons (Fsp3) is 0.158. The molecule has 0 bridgehead atoms. The van der Waals surface area contributed by atoms with Crippen LogP contribution in [0.1, 0.15) is 18.1 Å². The van der Waals surface area contributed by atoms with Crippen molar-refractivity contribution in [3.05, 3.63) is 79.6 Å². The van der Waals surface area contributed by atoms with Gasteiger partial charge >= 0.3 is 11.4 Å². The van der Waals surface area contributed by atoms with E-state index in [-0.39, 0.29) is 6.54 Å². The van der Waals surface area contributed by atoms with Crippen LogP contribution in [-0.4, -0.2) is 4.57 Å². The number of rotatable bonds is 3. The van der Waals surface area contributed by atoms with E-state index in [4.69, 9.17) is 20.4 Å². The molecule has 0 saturated carbocycles. The van der Waals surface area contributed by atoms with Crippen molar-refractivity contribution in [3.63, 3.8) is 0 Å². The first-order chi connectivity index (χ1) is 12.0. The van der Waals surface area contributed by atoms with Crippen molar-refractivity contribution in [3.8, 4) is 0 Å². The lowest BCUT2D eigenvalue weighted by Gasteiger charge is -2.07. The van der Waals surface area contributed by atoms with Gasteiger partial charge in [-0.3, -0.25) is 4.57 Å². The molecule has 2 aromatic carbocycles. The maximum atomic E-state index is 12.2. The first-order valence-corrected chi connectivity index (χ1v) is 8.27. The molecule has 0 atom stereocenters. The van der Waals surface area contributed by atoms with E-state index in [1.54, 1.807) is 18.2 Å². The Morgan fingerprint density at radius 1 is 1.00 bits per heavy atom. The highest BCUT2D eigenvalue weighted by Crippen LogP contribution is 2.23. The highest BCUT2D eigenvalue weighted by atomic mass is 35.5. The number of nitrogens with zero attached hydrogens (tertiary/aromatic N) is 1. The van der Waals surface area contributed by atoms with Gasteiger partial charge < -0.3 is 8.83 Å². The van der Waals surface area contributed by atoms with Crippen molar-refractivity contribution >= 4 is 33.7 Å². The van der Waals surface area contributed by atoms with Gasteiger partial charge in [-0.25, -0.2) is 9.59 Å². The molecule has 0 aliphatic heterocycles. The molecule has 6 heteroatoms. The summed E-state index contributed by atoms with van der Waals surface area (Å²) in [6.07, 6.45) is 0.844.